The maximum Gasteiger partial charge on any atom is 0.341 e. The number of rotatable bonds is 8. The van der Waals surface area contributed by atoms with Crippen molar-refractivity contribution in [1.82, 2.24) is 5.32 Å². The Balaban J connectivity index is 1.83. The van der Waals surface area contributed by atoms with Gasteiger partial charge in [-0.1, -0.05) is 12.8 Å². The third kappa shape index (κ3) is 5.75. The van der Waals surface area contributed by atoms with E-state index in [1.54, 1.807) is 31.3 Å². The molecule has 1 fully saturated rings. The minimum absolute atomic E-state index is 0.0467. The van der Waals surface area contributed by atoms with Crippen molar-refractivity contribution in [2.75, 3.05) is 18.6 Å². The molecule has 7 heteroatoms. The lowest BCUT2D eigenvalue weighted by Gasteiger charge is -2.21. The lowest BCUT2D eigenvalue weighted by molar-refractivity contribution is -0.139. The third-order valence-corrected chi connectivity index (χ3v) is 4.56. The standard InChI is InChI=1S/C19H26N2O5/c1-13(20-19(25)14-5-3-4-6-14)11-17(22)21(2)15-7-9-16(10-8-15)26-12-18(23)24/h7-10,13-14H,3-6,11-12H2,1-2H3,(H,20,25)(H,23,24). The zero-order valence-corrected chi connectivity index (χ0v) is 15.2. The summed E-state index contributed by atoms with van der Waals surface area (Å²) < 4.78 is 5.07. The number of amides is 2. The number of hydrogen-bond acceptors (Lipinski definition) is 4. The first kappa shape index (κ1) is 19.8. The molecular formula is C19H26N2O5. The van der Waals surface area contributed by atoms with Gasteiger partial charge in [-0.3, -0.25) is 9.59 Å². The summed E-state index contributed by atoms with van der Waals surface area (Å²) >= 11 is 0. The van der Waals surface area contributed by atoms with E-state index in [2.05, 4.69) is 5.32 Å². The molecule has 0 heterocycles. The fourth-order valence-electron chi connectivity index (χ4n) is 3.05. The Kier molecular flexibility index (Phi) is 7.00. The lowest BCUT2D eigenvalue weighted by Crippen LogP contribution is -2.40. The molecule has 1 aromatic carbocycles. The van der Waals surface area contributed by atoms with E-state index in [0.717, 1.165) is 25.7 Å². The number of anilines is 1. The maximum atomic E-state index is 12.4. The first-order chi connectivity index (χ1) is 12.4. The van der Waals surface area contributed by atoms with Crippen LogP contribution in [-0.4, -0.2) is 42.6 Å². The van der Waals surface area contributed by atoms with Crippen molar-refractivity contribution < 1.29 is 24.2 Å². The average Bonchev–Trinajstić information content (AvgIpc) is 3.14. The largest absolute Gasteiger partial charge is 0.482 e. The van der Waals surface area contributed by atoms with Crippen molar-refractivity contribution in [1.29, 1.82) is 0 Å². The Morgan fingerprint density at radius 3 is 2.42 bits per heavy atom. The van der Waals surface area contributed by atoms with Crippen LogP contribution in [-0.2, 0) is 14.4 Å². The molecule has 1 saturated carbocycles. The molecule has 26 heavy (non-hydrogen) atoms. The molecule has 2 rings (SSSR count). The van der Waals surface area contributed by atoms with E-state index >= 15 is 0 Å². The van der Waals surface area contributed by atoms with Gasteiger partial charge in [-0.05, 0) is 44.0 Å². The summed E-state index contributed by atoms with van der Waals surface area (Å²) in [5.41, 5.74) is 0.673. The second-order valence-electron chi connectivity index (χ2n) is 6.72. The molecule has 142 valence electrons. The topological polar surface area (TPSA) is 95.9 Å². The third-order valence-electron chi connectivity index (χ3n) is 4.56. The molecule has 0 aliphatic heterocycles. The van der Waals surface area contributed by atoms with E-state index in [1.165, 1.54) is 4.90 Å². The van der Waals surface area contributed by atoms with Crippen LogP contribution >= 0.6 is 0 Å². The first-order valence-corrected chi connectivity index (χ1v) is 8.88. The minimum atomic E-state index is -1.05. The van der Waals surface area contributed by atoms with Gasteiger partial charge in [-0.2, -0.15) is 0 Å². The van der Waals surface area contributed by atoms with Gasteiger partial charge in [0.2, 0.25) is 11.8 Å². The number of hydrogen-bond donors (Lipinski definition) is 2. The van der Waals surface area contributed by atoms with Crippen molar-refractivity contribution in [2.45, 2.75) is 45.1 Å². The highest BCUT2D eigenvalue weighted by Crippen LogP contribution is 2.25. The molecule has 0 bridgehead atoms. The van der Waals surface area contributed by atoms with E-state index in [-0.39, 0.29) is 30.2 Å². The predicted molar refractivity (Wildman–Crippen MR) is 97.2 cm³/mol. The molecule has 0 aromatic heterocycles. The number of nitrogens with zero attached hydrogens (tertiary/aromatic N) is 1. The summed E-state index contributed by atoms with van der Waals surface area (Å²) in [5, 5.41) is 11.5. The van der Waals surface area contributed by atoms with Crippen molar-refractivity contribution in [3.8, 4) is 5.75 Å². The number of carboxylic acids is 1. The summed E-state index contributed by atoms with van der Waals surface area (Å²) in [6.07, 6.45) is 4.28. The van der Waals surface area contributed by atoms with Crippen molar-refractivity contribution in [2.24, 2.45) is 5.92 Å². The quantitative estimate of drug-likeness (QED) is 0.739. The van der Waals surface area contributed by atoms with Gasteiger partial charge in [0, 0.05) is 31.1 Å². The van der Waals surface area contributed by atoms with Crippen LogP contribution in [0.2, 0.25) is 0 Å². The number of carboxylic acid groups (broad SMARTS) is 1. The van der Waals surface area contributed by atoms with Gasteiger partial charge >= 0.3 is 5.97 Å². The molecular weight excluding hydrogens is 336 g/mol. The number of carbonyl (C=O) groups is 3. The van der Waals surface area contributed by atoms with Gasteiger partial charge in [0.05, 0.1) is 0 Å². The summed E-state index contributed by atoms with van der Waals surface area (Å²) in [6.45, 7) is 1.42. The Bertz CT molecular complexity index is 638. The fraction of sp³-hybridized carbons (Fsp3) is 0.526. The van der Waals surface area contributed by atoms with Crippen LogP contribution in [0, 0.1) is 5.92 Å². The molecule has 1 aliphatic rings. The zero-order valence-electron chi connectivity index (χ0n) is 15.2. The van der Waals surface area contributed by atoms with Crippen LogP contribution in [0.1, 0.15) is 39.0 Å². The number of benzene rings is 1. The van der Waals surface area contributed by atoms with Gasteiger partial charge in [-0.15, -0.1) is 0 Å². The van der Waals surface area contributed by atoms with Gasteiger partial charge < -0.3 is 20.1 Å². The molecule has 7 nitrogen and oxygen atoms in total. The summed E-state index contributed by atoms with van der Waals surface area (Å²) in [5.74, 6) is -0.596. The van der Waals surface area contributed by atoms with Crippen LogP contribution in [0.3, 0.4) is 0 Å². The maximum absolute atomic E-state index is 12.4. The molecule has 0 radical (unpaired) electrons. The van der Waals surface area contributed by atoms with Gasteiger partial charge in [0.15, 0.2) is 6.61 Å². The highest BCUT2D eigenvalue weighted by Gasteiger charge is 2.24. The number of nitrogens with one attached hydrogen (secondary N) is 1. The zero-order chi connectivity index (χ0) is 19.1. The van der Waals surface area contributed by atoms with E-state index in [0.29, 0.717) is 11.4 Å². The van der Waals surface area contributed by atoms with Gasteiger partial charge in [0.25, 0.3) is 0 Å². The highest BCUT2D eigenvalue weighted by molar-refractivity contribution is 5.93. The molecule has 2 N–H and O–H groups in total. The Morgan fingerprint density at radius 1 is 1.23 bits per heavy atom. The van der Waals surface area contributed by atoms with Gasteiger partial charge in [-0.25, -0.2) is 4.79 Å². The monoisotopic (exact) mass is 362 g/mol. The molecule has 0 saturated heterocycles. The van der Waals surface area contributed by atoms with E-state index in [4.69, 9.17) is 9.84 Å². The van der Waals surface area contributed by atoms with E-state index in [1.807, 2.05) is 6.92 Å². The number of aliphatic carboxylic acids is 1. The van der Waals surface area contributed by atoms with Gasteiger partial charge in [0.1, 0.15) is 5.75 Å². The minimum Gasteiger partial charge on any atom is -0.482 e. The lowest BCUT2D eigenvalue weighted by atomic mass is 10.1. The van der Waals surface area contributed by atoms with Crippen molar-refractivity contribution in [3.05, 3.63) is 24.3 Å². The highest BCUT2D eigenvalue weighted by atomic mass is 16.5. The van der Waals surface area contributed by atoms with Crippen LogP contribution in [0.15, 0.2) is 24.3 Å². The number of ether oxygens (including phenoxy) is 1. The number of carbonyl (C=O) groups excluding carboxylic acids is 2. The normalized spacial score (nSPS) is 15.3. The molecule has 1 aromatic rings. The Morgan fingerprint density at radius 2 is 1.85 bits per heavy atom. The summed E-state index contributed by atoms with van der Waals surface area (Å²) in [4.78, 5) is 36.6. The molecule has 1 unspecified atom stereocenters. The predicted octanol–water partition coefficient (Wildman–Crippen LogP) is 2.20. The van der Waals surface area contributed by atoms with Crippen LogP contribution in [0.5, 0.6) is 5.75 Å². The second kappa shape index (κ2) is 9.22. The van der Waals surface area contributed by atoms with E-state index < -0.39 is 12.6 Å². The second-order valence-corrected chi connectivity index (χ2v) is 6.72. The average molecular weight is 362 g/mol. The van der Waals surface area contributed by atoms with E-state index in [9.17, 15) is 14.4 Å². The van der Waals surface area contributed by atoms with Crippen LogP contribution in [0.25, 0.3) is 0 Å². The molecule has 1 atom stereocenters. The van der Waals surface area contributed by atoms with Crippen molar-refractivity contribution in [3.63, 3.8) is 0 Å². The first-order valence-electron chi connectivity index (χ1n) is 8.88. The Hall–Kier alpha value is -2.57. The van der Waals surface area contributed by atoms with Crippen LogP contribution in [0.4, 0.5) is 5.69 Å². The molecule has 2 amide bonds. The summed E-state index contributed by atoms with van der Waals surface area (Å²) in [6, 6.07) is 6.39. The SMILES string of the molecule is CC(CC(=O)N(C)c1ccc(OCC(=O)O)cc1)NC(=O)C1CCCC1. The van der Waals surface area contributed by atoms with Crippen molar-refractivity contribution >= 4 is 23.5 Å². The smallest absolute Gasteiger partial charge is 0.341 e. The molecule has 1 aliphatic carbocycles. The van der Waals surface area contributed by atoms with Crippen LogP contribution < -0.4 is 15.0 Å². The Labute approximate surface area is 153 Å². The fourth-order valence-corrected chi connectivity index (χ4v) is 3.05. The summed E-state index contributed by atoms with van der Waals surface area (Å²) in [7, 11) is 1.67. The molecule has 0 spiro atoms.